The summed E-state index contributed by atoms with van der Waals surface area (Å²) in [5.41, 5.74) is 1.62. The number of imidazole rings is 1. The first kappa shape index (κ1) is 13.5. The van der Waals surface area contributed by atoms with Crippen LogP contribution in [0.5, 0.6) is 0 Å². The average Bonchev–Trinajstić information content (AvgIpc) is 2.98. The van der Waals surface area contributed by atoms with Crippen LogP contribution in [-0.4, -0.2) is 15.6 Å². The van der Waals surface area contributed by atoms with E-state index in [2.05, 4.69) is 27.0 Å². The number of carbonyl (C=O) groups excluding carboxylic acids is 1. The molecule has 102 valence electrons. The zero-order chi connectivity index (χ0) is 14.7. The molecule has 5 heteroatoms. The van der Waals surface area contributed by atoms with E-state index >= 15 is 0 Å². The summed E-state index contributed by atoms with van der Waals surface area (Å²) >= 11 is 3.41. The number of ether oxygens (including phenoxy) is 1. The molecule has 4 nitrogen and oxygen atoms in total. The van der Waals surface area contributed by atoms with Crippen molar-refractivity contribution < 1.29 is 9.53 Å². The third-order valence-electron chi connectivity index (χ3n) is 2.80. The van der Waals surface area contributed by atoms with Crippen LogP contribution in [0.4, 0.5) is 4.79 Å². The van der Waals surface area contributed by atoms with Gasteiger partial charge in [0, 0.05) is 22.3 Å². The highest BCUT2D eigenvalue weighted by molar-refractivity contribution is 9.10. The molecular formula is C16H10BrN2O2+. The molecule has 1 heterocycles. The maximum atomic E-state index is 12.0. The number of hydrogen-bond acceptors (Lipinski definition) is 3. The van der Waals surface area contributed by atoms with Crippen LogP contribution >= 0.6 is 15.9 Å². The highest BCUT2D eigenvalue weighted by Gasteiger charge is 2.14. The second-order valence-corrected chi connectivity index (χ2v) is 5.20. The lowest BCUT2D eigenvalue weighted by atomic mass is 10.2. The Balaban J connectivity index is 1.78. The summed E-state index contributed by atoms with van der Waals surface area (Å²) in [6.07, 6.45) is 12.2. The van der Waals surface area contributed by atoms with Crippen molar-refractivity contribution in [2.75, 3.05) is 0 Å². The standard InChI is InChI=1S/C16H10BrN2O2/c17-13-6-4-5-12(9-13)15-10-19(11-18-15)16(20)21-14-7-2-1-3-8-14/h1-2,4-11H/q+1. The van der Waals surface area contributed by atoms with Gasteiger partial charge in [0.25, 0.3) is 0 Å². The van der Waals surface area contributed by atoms with Crippen LogP contribution in [0.25, 0.3) is 11.3 Å². The lowest BCUT2D eigenvalue weighted by Gasteiger charge is -2.00. The van der Waals surface area contributed by atoms with E-state index < -0.39 is 6.09 Å². The van der Waals surface area contributed by atoms with Crippen molar-refractivity contribution >= 4 is 22.0 Å². The van der Waals surface area contributed by atoms with Crippen molar-refractivity contribution in [2.45, 2.75) is 0 Å². The summed E-state index contributed by atoms with van der Waals surface area (Å²) in [6.45, 7) is 0. The quantitative estimate of drug-likeness (QED) is 0.772. The Hall–Kier alpha value is -2.49. The molecule has 0 atom stereocenters. The Kier molecular flexibility index (Phi) is 3.77. The van der Waals surface area contributed by atoms with Gasteiger partial charge in [-0.25, -0.2) is 14.3 Å². The summed E-state index contributed by atoms with van der Waals surface area (Å²) in [7, 11) is 0. The van der Waals surface area contributed by atoms with Crippen molar-refractivity contribution in [3.8, 4) is 11.3 Å². The van der Waals surface area contributed by atoms with Crippen LogP contribution in [0.3, 0.4) is 0 Å². The Labute approximate surface area is 130 Å². The fraction of sp³-hybridized carbons (Fsp3) is 0. The fourth-order valence-electron chi connectivity index (χ4n) is 1.81. The summed E-state index contributed by atoms with van der Waals surface area (Å²) in [5, 5.41) is 0. The van der Waals surface area contributed by atoms with Gasteiger partial charge in [-0.1, -0.05) is 28.1 Å². The zero-order valence-corrected chi connectivity index (χ0v) is 12.4. The molecule has 0 amide bonds. The molecule has 21 heavy (non-hydrogen) atoms. The lowest BCUT2D eigenvalue weighted by Crippen LogP contribution is -2.11. The molecule has 1 aromatic carbocycles. The fourth-order valence-corrected chi connectivity index (χ4v) is 2.21. The van der Waals surface area contributed by atoms with Gasteiger partial charge in [-0.05, 0) is 12.1 Å². The largest absolute Gasteiger partial charge is 0.437 e. The number of allylic oxidation sites excluding steroid dienone is 5. The number of aromatic nitrogens is 2. The minimum Gasteiger partial charge on any atom is -0.343 e. The summed E-state index contributed by atoms with van der Waals surface area (Å²) in [6, 6.07) is 7.70. The van der Waals surface area contributed by atoms with E-state index in [4.69, 9.17) is 4.74 Å². The first-order valence-corrected chi connectivity index (χ1v) is 7.00. The third kappa shape index (κ3) is 3.16. The van der Waals surface area contributed by atoms with E-state index in [9.17, 15) is 4.79 Å². The second kappa shape index (κ2) is 5.87. The zero-order valence-electron chi connectivity index (χ0n) is 10.9. The lowest BCUT2D eigenvalue weighted by molar-refractivity contribution is 0.181. The molecule has 1 aliphatic carbocycles. The topological polar surface area (TPSA) is 44.1 Å². The van der Waals surface area contributed by atoms with Crippen LogP contribution in [0, 0.1) is 6.08 Å². The molecule has 0 unspecified atom stereocenters. The number of halogens is 1. The predicted molar refractivity (Wildman–Crippen MR) is 82.3 cm³/mol. The van der Waals surface area contributed by atoms with Gasteiger partial charge in [-0.2, -0.15) is 0 Å². The van der Waals surface area contributed by atoms with Crippen molar-refractivity contribution in [2.24, 2.45) is 0 Å². The molecule has 1 aromatic heterocycles. The molecule has 0 aliphatic heterocycles. The molecular weight excluding hydrogens is 332 g/mol. The molecule has 0 bridgehead atoms. The normalized spacial score (nSPS) is 12.7. The van der Waals surface area contributed by atoms with Gasteiger partial charge in [-0.15, -0.1) is 0 Å². The first-order chi connectivity index (χ1) is 10.2. The minimum atomic E-state index is -0.511. The van der Waals surface area contributed by atoms with E-state index in [-0.39, 0.29) is 0 Å². The molecule has 0 saturated heterocycles. The van der Waals surface area contributed by atoms with E-state index in [0.717, 1.165) is 10.0 Å². The number of hydrogen-bond donors (Lipinski definition) is 0. The minimum absolute atomic E-state index is 0.445. The Morgan fingerprint density at radius 3 is 3.05 bits per heavy atom. The molecule has 0 spiro atoms. The van der Waals surface area contributed by atoms with Crippen molar-refractivity contribution in [1.29, 1.82) is 0 Å². The van der Waals surface area contributed by atoms with Gasteiger partial charge >= 0.3 is 6.09 Å². The highest BCUT2D eigenvalue weighted by atomic mass is 79.9. The molecule has 0 radical (unpaired) electrons. The van der Waals surface area contributed by atoms with Crippen LogP contribution in [0.1, 0.15) is 0 Å². The molecule has 3 rings (SSSR count). The number of rotatable bonds is 2. The molecule has 0 N–H and O–H groups in total. The summed E-state index contributed by atoms with van der Waals surface area (Å²) < 4.78 is 7.48. The van der Waals surface area contributed by atoms with Gasteiger partial charge < -0.3 is 4.74 Å². The Morgan fingerprint density at radius 2 is 2.29 bits per heavy atom. The van der Waals surface area contributed by atoms with Gasteiger partial charge in [0.1, 0.15) is 18.5 Å². The van der Waals surface area contributed by atoms with Crippen molar-refractivity contribution in [3.63, 3.8) is 0 Å². The van der Waals surface area contributed by atoms with Crippen LogP contribution < -0.4 is 0 Å². The van der Waals surface area contributed by atoms with E-state index in [0.29, 0.717) is 11.5 Å². The number of carbonyl (C=O) groups is 1. The smallest absolute Gasteiger partial charge is 0.343 e. The maximum Gasteiger partial charge on any atom is 0.437 e. The van der Waals surface area contributed by atoms with Crippen LogP contribution in [0.15, 0.2) is 71.3 Å². The Morgan fingerprint density at radius 1 is 1.38 bits per heavy atom. The molecule has 0 saturated carbocycles. The van der Waals surface area contributed by atoms with E-state index in [1.807, 2.05) is 24.3 Å². The van der Waals surface area contributed by atoms with Gasteiger partial charge in [-0.3, -0.25) is 0 Å². The SMILES string of the molecule is O=C(OC1=CC=C[C+]=C1)n1cnc(-c2cccc(Br)c2)c1. The van der Waals surface area contributed by atoms with Crippen molar-refractivity contribution in [3.05, 3.63) is 77.4 Å². The van der Waals surface area contributed by atoms with Gasteiger partial charge in [0.15, 0.2) is 0 Å². The predicted octanol–water partition coefficient (Wildman–Crippen LogP) is 4.11. The third-order valence-corrected chi connectivity index (χ3v) is 3.29. The van der Waals surface area contributed by atoms with E-state index in [1.165, 1.54) is 10.9 Å². The monoisotopic (exact) mass is 341 g/mol. The van der Waals surface area contributed by atoms with Gasteiger partial charge in [0.2, 0.25) is 5.76 Å². The molecule has 0 fully saturated rings. The van der Waals surface area contributed by atoms with Crippen LogP contribution in [-0.2, 0) is 4.74 Å². The first-order valence-electron chi connectivity index (χ1n) is 6.20. The molecule has 1 aliphatic rings. The second-order valence-electron chi connectivity index (χ2n) is 4.28. The highest BCUT2D eigenvalue weighted by Crippen LogP contribution is 2.21. The summed E-state index contributed by atoms with van der Waals surface area (Å²) in [4.78, 5) is 16.2. The van der Waals surface area contributed by atoms with Crippen LogP contribution in [0.2, 0.25) is 0 Å². The van der Waals surface area contributed by atoms with E-state index in [1.54, 1.807) is 30.5 Å². The number of benzene rings is 1. The van der Waals surface area contributed by atoms with Gasteiger partial charge in [0.05, 0.1) is 17.8 Å². The molecule has 2 aromatic rings. The number of nitrogens with zero attached hydrogens (tertiary/aromatic N) is 2. The maximum absolute atomic E-state index is 12.0. The Bertz CT molecular complexity index is 772. The van der Waals surface area contributed by atoms with Crippen molar-refractivity contribution in [1.82, 2.24) is 9.55 Å². The summed E-state index contributed by atoms with van der Waals surface area (Å²) in [5.74, 6) is 0.445. The average molecular weight is 342 g/mol.